The third-order valence-electron chi connectivity index (χ3n) is 2.69. The SMILES string of the molecule is CC(=O)c1cc(O)c2c(c1O)CC=CC2. The molecule has 0 saturated heterocycles. The molecule has 1 aromatic rings. The van der Waals surface area contributed by atoms with E-state index in [0.717, 1.165) is 5.56 Å². The molecule has 0 bridgehead atoms. The molecule has 0 unspecified atom stereocenters. The Morgan fingerprint density at radius 3 is 2.40 bits per heavy atom. The van der Waals surface area contributed by atoms with Crippen LogP contribution in [0.3, 0.4) is 0 Å². The van der Waals surface area contributed by atoms with Crippen LogP contribution < -0.4 is 0 Å². The summed E-state index contributed by atoms with van der Waals surface area (Å²) in [5.41, 5.74) is 1.59. The van der Waals surface area contributed by atoms with Gasteiger partial charge in [0.15, 0.2) is 5.78 Å². The van der Waals surface area contributed by atoms with Crippen LogP contribution in [0.1, 0.15) is 28.4 Å². The first-order valence-corrected chi connectivity index (χ1v) is 4.84. The summed E-state index contributed by atoms with van der Waals surface area (Å²) in [6.07, 6.45) is 5.03. The van der Waals surface area contributed by atoms with Gasteiger partial charge in [-0.25, -0.2) is 0 Å². The molecule has 0 amide bonds. The zero-order chi connectivity index (χ0) is 11.0. The molecule has 0 fully saturated rings. The maximum Gasteiger partial charge on any atom is 0.163 e. The molecule has 0 heterocycles. The second-order valence-corrected chi connectivity index (χ2v) is 3.68. The van der Waals surface area contributed by atoms with Gasteiger partial charge in [-0.3, -0.25) is 4.79 Å². The highest BCUT2D eigenvalue weighted by Gasteiger charge is 2.19. The summed E-state index contributed by atoms with van der Waals surface area (Å²) in [4.78, 5) is 11.2. The average Bonchev–Trinajstić information content (AvgIpc) is 2.23. The number of hydrogen-bond acceptors (Lipinski definition) is 3. The van der Waals surface area contributed by atoms with Crippen LogP contribution >= 0.6 is 0 Å². The van der Waals surface area contributed by atoms with Crippen LogP contribution in [0.5, 0.6) is 11.5 Å². The normalized spacial score (nSPS) is 13.7. The minimum Gasteiger partial charge on any atom is -0.508 e. The lowest BCUT2D eigenvalue weighted by Crippen LogP contribution is -2.03. The zero-order valence-corrected chi connectivity index (χ0v) is 8.45. The fourth-order valence-corrected chi connectivity index (χ4v) is 1.87. The predicted molar refractivity (Wildman–Crippen MR) is 56.3 cm³/mol. The Labute approximate surface area is 87.7 Å². The van der Waals surface area contributed by atoms with E-state index in [1.54, 1.807) is 0 Å². The first kappa shape index (κ1) is 9.77. The maximum atomic E-state index is 11.2. The van der Waals surface area contributed by atoms with Gasteiger partial charge in [0.25, 0.3) is 0 Å². The molecule has 2 rings (SSSR count). The summed E-state index contributed by atoms with van der Waals surface area (Å²) in [5.74, 6) is -0.128. The topological polar surface area (TPSA) is 57.5 Å². The van der Waals surface area contributed by atoms with Crippen molar-refractivity contribution in [1.82, 2.24) is 0 Å². The van der Waals surface area contributed by atoms with Gasteiger partial charge in [0.2, 0.25) is 0 Å². The van der Waals surface area contributed by atoms with Crippen molar-refractivity contribution < 1.29 is 15.0 Å². The van der Waals surface area contributed by atoms with Gasteiger partial charge in [0.05, 0.1) is 5.56 Å². The molecule has 0 aliphatic heterocycles. The Kier molecular flexibility index (Phi) is 2.23. The maximum absolute atomic E-state index is 11.2. The molecule has 0 aromatic heterocycles. The van der Waals surface area contributed by atoms with E-state index in [0.29, 0.717) is 18.4 Å². The summed E-state index contributed by atoms with van der Waals surface area (Å²) in [6, 6.07) is 1.34. The van der Waals surface area contributed by atoms with Crippen LogP contribution in [0.2, 0.25) is 0 Å². The fourth-order valence-electron chi connectivity index (χ4n) is 1.87. The quantitative estimate of drug-likeness (QED) is 0.417. The number of carbonyl (C=O) groups is 1. The number of Topliss-reactive ketones (excluding diaryl/α,β-unsaturated/α-hetero) is 1. The van der Waals surface area contributed by atoms with E-state index < -0.39 is 0 Å². The standard InChI is InChI=1S/C12H12O3/c1-7(13)10-6-11(14)8-4-2-3-5-9(8)12(10)15/h2-3,6,14-15H,4-5H2,1H3. The number of ketones is 1. The number of phenolic OH excluding ortho intramolecular Hbond substituents is 2. The molecule has 78 valence electrons. The fraction of sp³-hybridized carbons (Fsp3) is 0.250. The Morgan fingerprint density at radius 1 is 1.20 bits per heavy atom. The Balaban J connectivity index is 2.67. The minimum atomic E-state index is -0.236. The van der Waals surface area contributed by atoms with Crippen molar-refractivity contribution >= 4 is 5.78 Å². The van der Waals surface area contributed by atoms with E-state index in [2.05, 4.69) is 0 Å². The van der Waals surface area contributed by atoms with Gasteiger partial charge in [-0.15, -0.1) is 0 Å². The third kappa shape index (κ3) is 1.50. The first-order chi connectivity index (χ1) is 7.11. The van der Waals surface area contributed by atoms with Crippen molar-refractivity contribution in [3.05, 3.63) is 34.9 Å². The Morgan fingerprint density at radius 2 is 1.80 bits per heavy atom. The Hall–Kier alpha value is -1.77. The predicted octanol–water partition coefficient (Wildman–Crippen LogP) is 1.96. The van der Waals surface area contributed by atoms with Crippen molar-refractivity contribution in [2.75, 3.05) is 0 Å². The third-order valence-corrected chi connectivity index (χ3v) is 2.69. The van der Waals surface area contributed by atoms with Crippen molar-refractivity contribution in [2.24, 2.45) is 0 Å². The molecule has 3 heteroatoms. The number of benzene rings is 1. The summed E-state index contributed by atoms with van der Waals surface area (Å²) in [7, 11) is 0. The lowest BCUT2D eigenvalue weighted by atomic mass is 9.91. The van der Waals surface area contributed by atoms with Gasteiger partial charge in [0, 0.05) is 11.1 Å². The number of carbonyl (C=O) groups excluding carboxylic acids is 1. The van der Waals surface area contributed by atoms with E-state index in [4.69, 9.17) is 0 Å². The second-order valence-electron chi connectivity index (χ2n) is 3.68. The first-order valence-electron chi connectivity index (χ1n) is 4.84. The summed E-state index contributed by atoms with van der Waals surface area (Å²) in [5, 5.41) is 19.6. The van der Waals surface area contributed by atoms with Crippen LogP contribution in [-0.2, 0) is 12.8 Å². The molecule has 15 heavy (non-hydrogen) atoms. The van der Waals surface area contributed by atoms with Crippen molar-refractivity contribution in [3.63, 3.8) is 0 Å². The number of aromatic hydroxyl groups is 2. The largest absolute Gasteiger partial charge is 0.508 e. The number of fused-ring (bicyclic) bond motifs is 1. The van der Waals surface area contributed by atoms with Crippen molar-refractivity contribution in [3.8, 4) is 11.5 Å². The summed E-state index contributed by atoms with van der Waals surface area (Å²) in [6.45, 7) is 1.37. The minimum absolute atomic E-state index is 0.0136. The van der Waals surface area contributed by atoms with E-state index >= 15 is 0 Å². The molecular weight excluding hydrogens is 192 g/mol. The molecule has 1 aromatic carbocycles. The lowest BCUT2D eigenvalue weighted by molar-refractivity contribution is 0.101. The van der Waals surface area contributed by atoms with Crippen LogP contribution in [0.4, 0.5) is 0 Å². The van der Waals surface area contributed by atoms with Gasteiger partial charge in [-0.2, -0.15) is 0 Å². The van der Waals surface area contributed by atoms with Crippen LogP contribution in [0.25, 0.3) is 0 Å². The van der Waals surface area contributed by atoms with E-state index in [1.165, 1.54) is 13.0 Å². The zero-order valence-electron chi connectivity index (χ0n) is 8.45. The van der Waals surface area contributed by atoms with Crippen molar-refractivity contribution in [1.29, 1.82) is 0 Å². The highest BCUT2D eigenvalue weighted by Crippen LogP contribution is 2.36. The molecule has 0 spiro atoms. The highest BCUT2D eigenvalue weighted by atomic mass is 16.3. The van der Waals surface area contributed by atoms with Crippen molar-refractivity contribution in [2.45, 2.75) is 19.8 Å². The number of hydrogen-bond donors (Lipinski definition) is 2. The van der Waals surface area contributed by atoms with Gasteiger partial charge < -0.3 is 10.2 Å². The summed E-state index contributed by atoms with van der Waals surface area (Å²) < 4.78 is 0. The molecule has 0 atom stereocenters. The Bertz CT molecular complexity index is 458. The molecule has 0 radical (unpaired) electrons. The van der Waals surface area contributed by atoms with Gasteiger partial charge in [-0.05, 0) is 25.8 Å². The molecule has 1 aliphatic rings. The average molecular weight is 204 g/mol. The molecule has 0 saturated carbocycles. The molecule has 2 N–H and O–H groups in total. The van der Waals surface area contributed by atoms with E-state index in [1.807, 2.05) is 12.2 Å². The van der Waals surface area contributed by atoms with Crippen LogP contribution in [0.15, 0.2) is 18.2 Å². The second kappa shape index (κ2) is 3.42. The summed E-state index contributed by atoms with van der Waals surface area (Å²) >= 11 is 0. The van der Waals surface area contributed by atoms with Gasteiger partial charge in [0.1, 0.15) is 11.5 Å². The van der Waals surface area contributed by atoms with Gasteiger partial charge in [-0.1, -0.05) is 12.2 Å². The van der Waals surface area contributed by atoms with E-state index in [9.17, 15) is 15.0 Å². The lowest BCUT2D eigenvalue weighted by Gasteiger charge is -2.16. The smallest absolute Gasteiger partial charge is 0.163 e. The number of allylic oxidation sites excluding steroid dienone is 2. The highest BCUT2D eigenvalue weighted by molar-refractivity contribution is 5.98. The molecular formula is C12H12O3. The van der Waals surface area contributed by atoms with Crippen LogP contribution in [-0.4, -0.2) is 16.0 Å². The number of rotatable bonds is 1. The number of phenols is 2. The van der Waals surface area contributed by atoms with E-state index in [-0.39, 0.29) is 22.8 Å². The molecule has 3 nitrogen and oxygen atoms in total. The molecule has 1 aliphatic carbocycles. The monoisotopic (exact) mass is 204 g/mol. The van der Waals surface area contributed by atoms with Crippen LogP contribution in [0, 0.1) is 0 Å². The van der Waals surface area contributed by atoms with Gasteiger partial charge >= 0.3 is 0 Å².